The second kappa shape index (κ2) is 14.4. The zero-order valence-electron chi connectivity index (χ0n) is 27.4. The van der Waals surface area contributed by atoms with Crippen molar-refractivity contribution in [2.75, 3.05) is 18.9 Å². The van der Waals surface area contributed by atoms with E-state index in [4.69, 9.17) is 10.5 Å². The summed E-state index contributed by atoms with van der Waals surface area (Å²) in [6.45, 7) is 0.548. The number of nitrogens with zero attached hydrogens (tertiary/aromatic N) is 6. The Labute approximate surface area is 294 Å². The molecule has 5 aromatic rings. The Bertz CT molecular complexity index is 2460. The van der Waals surface area contributed by atoms with E-state index in [9.17, 15) is 53.7 Å². The highest BCUT2D eigenvalue weighted by molar-refractivity contribution is 7.61. The number of ketones is 1. The van der Waals surface area contributed by atoms with Crippen LogP contribution in [0.4, 0.5) is 5.82 Å². The highest BCUT2D eigenvalue weighted by Gasteiger charge is 2.46. The number of rotatable bonds is 13. The molecule has 1 aromatic carbocycles. The fourth-order valence-corrected chi connectivity index (χ4v) is 7.58. The lowest BCUT2D eigenvalue weighted by molar-refractivity contribution is -0.634. The number of nitrogens with one attached hydrogen (secondary N) is 2. The molecular weight excluding hydrogens is 752 g/mol. The second-order valence-electron chi connectivity index (χ2n) is 11.9. The van der Waals surface area contributed by atoms with E-state index >= 15 is 0 Å². The number of phosphoric acid groups is 2. The summed E-state index contributed by atoms with van der Waals surface area (Å²) in [7, 11) is -11.1. The molecule has 2 unspecified atom stereocenters. The summed E-state index contributed by atoms with van der Waals surface area (Å²) in [5.41, 5.74) is 5.95. The molecule has 24 nitrogen and oxygen atoms in total. The Morgan fingerprint density at radius 3 is 2.47 bits per heavy atom. The summed E-state index contributed by atoms with van der Waals surface area (Å²) in [4.78, 5) is 78.4. The van der Waals surface area contributed by atoms with Gasteiger partial charge in [0.2, 0.25) is 11.3 Å². The van der Waals surface area contributed by atoms with Gasteiger partial charge in [0, 0.05) is 0 Å². The molecule has 6 rings (SSSR count). The van der Waals surface area contributed by atoms with Gasteiger partial charge in [-0.1, -0.05) is 0 Å². The van der Waals surface area contributed by atoms with Gasteiger partial charge in [-0.25, -0.2) is 38.4 Å². The minimum absolute atomic E-state index is 0.0262. The van der Waals surface area contributed by atoms with Crippen LogP contribution in [-0.4, -0.2) is 114 Å². The molecule has 4 aromatic heterocycles. The molecule has 0 radical (unpaired) electrons. The van der Waals surface area contributed by atoms with E-state index in [1.165, 1.54) is 15.5 Å². The van der Waals surface area contributed by atoms with E-state index in [0.29, 0.717) is 0 Å². The van der Waals surface area contributed by atoms with Gasteiger partial charge in [-0.05, 0) is 37.1 Å². The number of aliphatic hydroxyl groups excluding tert-OH is 4. The lowest BCUT2D eigenvalue weighted by atomic mass is 10.1. The maximum Gasteiger partial charge on any atom is 0.481 e. The fourth-order valence-electron chi connectivity index (χ4n) is 5.49. The number of H-pyrrole nitrogens is 2. The first-order valence-electron chi connectivity index (χ1n) is 15.3. The fraction of sp³-hybridized carbons (Fsp3) is 0.407. The number of nitrogens with two attached hydrogens (primary N) is 1. The molecule has 53 heavy (non-hydrogen) atoms. The van der Waals surface area contributed by atoms with Gasteiger partial charge in [0.1, 0.15) is 47.9 Å². The number of carbonyl (C=O) groups is 1. The highest BCUT2D eigenvalue weighted by atomic mass is 31.3. The summed E-state index contributed by atoms with van der Waals surface area (Å²) in [5.74, 6) is -1.09. The maximum atomic E-state index is 13.1. The Kier molecular flexibility index (Phi) is 10.4. The number of imidazole rings is 1. The molecule has 1 aliphatic rings. The number of aromatic amines is 2. The van der Waals surface area contributed by atoms with Crippen LogP contribution in [0.3, 0.4) is 0 Å². The first-order chi connectivity index (χ1) is 24.9. The van der Waals surface area contributed by atoms with Crippen LogP contribution in [0.2, 0.25) is 0 Å². The largest absolute Gasteiger partial charge is 0.481 e. The molecule has 0 spiro atoms. The van der Waals surface area contributed by atoms with Crippen LogP contribution in [0.5, 0.6) is 0 Å². The van der Waals surface area contributed by atoms with E-state index in [0.717, 1.165) is 17.5 Å². The topological polar surface area (TPSA) is 362 Å². The van der Waals surface area contributed by atoms with E-state index in [2.05, 4.69) is 38.3 Å². The molecule has 284 valence electrons. The minimum Gasteiger partial charge on any atom is -0.388 e. The number of benzene rings is 1. The molecule has 5 heterocycles. The third-order valence-corrected chi connectivity index (χ3v) is 10.9. The van der Waals surface area contributed by atoms with Crippen LogP contribution < -0.4 is 21.5 Å². The zero-order chi connectivity index (χ0) is 38.6. The van der Waals surface area contributed by atoms with E-state index < -0.39 is 89.2 Å². The predicted molar refractivity (Wildman–Crippen MR) is 175 cm³/mol. The third kappa shape index (κ3) is 7.80. The van der Waals surface area contributed by atoms with Crippen molar-refractivity contribution in [2.45, 2.75) is 57.1 Å². The van der Waals surface area contributed by atoms with Gasteiger partial charge in [-0.2, -0.15) is 9.29 Å². The van der Waals surface area contributed by atoms with Crippen molar-refractivity contribution < 1.29 is 66.8 Å². The van der Waals surface area contributed by atoms with Crippen molar-refractivity contribution in [1.82, 2.24) is 34.5 Å². The van der Waals surface area contributed by atoms with Crippen molar-refractivity contribution in [3.8, 4) is 0 Å². The number of nitrogen functional groups attached to an aromatic ring is 1. The van der Waals surface area contributed by atoms with Crippen molar-refractivity contribution in [3.63, 3.8) is 0 Å². The van der Waals surface area contributed by atoms with Crippen LogP contribution in [0.25, 0.3) is 33.4 Å². The highest BCUT2D eigenvalue weighted by Crippen LogP contribution is 2.60. The van der Waals surface area contributed by atoms with Gasteiger partial charge in [0.25, 0.3) is 5.56 Å². The monoisotopic (exact) mass is 784 g/mol. The molecular formula is C27H32N9O15P2+. The summed E-state index contributed by atoms with van der Waals surface area (Å²) >= 11 is 0. The van der Waals surface area contributed by atoms with E-state index in [-0.39, 0.29) is 39.2 Å². The van der Waals surface area contributed by atoms with Crippen molar-refractivity contribution in [3.05, 3.63) is 56.8 Å². The number of anilines is 1. The average Bonchev–Trinajstić information content (AvgIpc) is 3.63. The number of aromatic nitrogens is 8. The molecule has 10 N–H and O–H groups in total. The maximum absolute atomic E-state index is 13.1. The van der Waals surface area contributed by atoms with Gasteiger partial charge >= 0.3 is 27.0 Å². The number of carbonyl (C=O) groups excluding carboxylic acids is 1. The molecule has 26 heteroatoms. The minimum atomic E-state index is -5.57. The quantitative estimate of drug-likeness (QED) is 0.0332. The third-order valence-electron chi connectivity index (χ3n) is 8.31. The standard InChI is InChI=1S/C27H31N9O15P2/c1-10-3-12-13(4-11(10)2)35(24-18(32-12)25(42)34-27(43)33-24)5-14(37)19(39)15(38)6-48-52(44,45)51-53(46,47)49-7-16-20(40)21(41)26(50-16)36-9-31-17-22(28)29-8-30-23(17)36/h3-4,8-9,15-16,19-21,26,38-41H,5-7H2,1-2H3,(H5,28,29,30,34,42,43,44,45,46,47)/p+1/t15-,16+,19+,20-,21-,26+/m1/s1. The summed E-state index contributed by atoms with van der Waals surface area (Å²) in [6, 6.07) is 3.26. The molecule has 0 bridgehead atoms. The van der Waals surface area contributed by atoms with Crippen LogP contribution >= 0.6 is 15.6 Å². The second-order valence-corrected chi connectivity index (χ2v) is 15.0. The molecule has 1 fully saturated rings. The van der Waals surface area contributed by atoms with Gasteiger partial charge in [-0.3, -0.25) is 28.2 Å². The first-order valence-corrected chi connectivity index (χ1v) is 18.3. The smallest absolute Gasteiger partial charge is 0.388 e. The number of Topliss-reactive ketones (excluding diaryl/α,β-unsaturated/α-hetero) is 1. The lowest BCUT2D eigenvalue weighted by Crippen LogP contribution is -2.48. The van der Waals surface area contributed by atoms with Gasteiger partial charge in [0.15, 0.2) is 29.8 Å². The van der Waals surface area contributed by atoms with Crippen LogP contribution in [0.1, 0.15) is 17.4 Å². The average molecular weight is 785 g/mol. The zero-order valence-corrected chi connectivity index (χ0v) is 29.2. The predicted octanol–water partition coefficient (Wildman–Crippen LogP) is -2.75. The normalized spacial score (nSPS) is 22.6. The Balaban J connectivity index is 1.08. The Hall–Kier alpha value is -4.42. The number of aliphatic hydroxyl groups is 4. The number of ether oxygens (including phenoxy) is 1. The lowest BCUT2D eigenvalue weighted by Gasteiger charge is -2.21. The van der Waals surface area contributed by atoms with Crippen molar-refractivity contribution >= 4 is 60.6 Å². The Morgan fingerprint density at radius 1 is 1.04 bits per heavy atom. The van der Waals surface area contributed by atoms with E-state index in [1.807, 2.05) is 4.98 Å². The molecule has 0 amide bonds. The number of hydrogen-bond donors (Lipinski definition) is 9. The molecule has 0 aliphatic carbocycles. The van der Waals surface area contributed by atoms with Crippen LogP contribution in [-0.2, 0) is 38.6 Å². The van der Waals surface area contributed by atoms with Crippen LogP contribution in [0.15, 0.2) is 34.4 Å². The number of phosphoric ester groups is 2. The van der Waals surface area contributed by atoms with E-state index in [1.54, 1.807) is 26.0 Å². The first kappa shape index (κ1) is 38.3. The van der Waals surface area contributed by atoms with Gasteiger partial charge < -0.3 is 40.7 Å². The number of aryl methyl sites for hydroxylation is 2. The van der Waals surface area contributed by atoms with Crippen LogP contribution in [0, 0.1) is 13.8 Å². The summed E-state index contributed by atoms with van der Waals surface area (Å²) in [5, 5.41) is 42.0. The van der Waals surface area contributed by atoms with Crippen molar-refractivity contribution in [1.29, 1.82) is 0 Å². The van der Waals surface area contributed by atoms with Crippen molar-refractivity contribution in [2.24, 2.45) is 0 Å². The summed E-state index contributed by atoms with van der Waals surface area (Å²) in [6.07, 6.45) is -8.34. The molecule has 0 saturated carbocycles. The molecule has 1 aliphatic heterocycles. The summed E-state index contributed by atoms with van der Waals surface area (Å²) < 4.78 is 46.4. The Morgan fingerprint density at radius 2 is 1.74 bits per heavy atom. The molecule has 8 atom stereocenters. The number of hydrogen-bond acceptors (Lipinski definition) is 18. The molecule has 1 saturated heterocycles. The SMILES string of the molecule is Cc1cc2nc3c(=O)[nH]c(=O)[nH]c3[n+](CC(=O)[C@H](O)[C@H](O)COP(=O)(O)OP(=O)(O)OC[C@@H]3O[C@H](n4cnc5c(N)ncnc54)[C@H](O)[C@@H]3O)c2cc1C. The van der Waals surface area contributed by atoms with Gasteiger partial charge in [-0.15, -0.1) is 0 Å². The van der Waals surface area contributed by atoms with Gasteiger partial charge in [0.05, 0.1) is 19.5 Å². The number of fused-ring (bicyclic) bond motifs is 3.